The van der Waals surface area contributed by atoms with Gasteiger partial charge in [-0.1, -0.05) is 23.7 Å². The van der Waals surface area contributed by atoms with E-state index in [4.69, 9.17) is 16.3 Å². The van der Waals surface area contributed by atoms with Crippen molar-refractivity contribution >= 4 is 23.7 Å². The molecule has 0 saturated heterocycles. The van der Waals surface area contributed by atoms with E-state index in [-0.39, 0.29) is 17.2 Å². The number of rotatable bonds is 4. The summed E-state index contributed by atoms with van der Waals surface area (Å²) in [5, 5.41) is 12.5. The lowest BCUT2D eigenvalue weighted by molar-refractivity contribution is -0.143. The average Bonchev–Trinajstić information content (AvgIpc) is 2.40. The molecule has 0 spiro atoms. The van der Waals surface area contributed by atoms with Crippen LogP contribution in [-0.4, -0.2) is 35.9 Å². The Hall–Kier alpha value is -1.95. The van der Waals surface area contributed by atoms with E-state index in [1.165, 1.54) is 13.2 Å². The molecule has 0 unspecified atom stereocenters. The number of hydrogen-bond acceptors (Lipinski definition) is 5. The van der Waals surface area contributed by atoms with E-state index in [1.54, 1.807) is 32.9 Å². The summed E-state index contributed by atoms with van der Waals surface area (Å²) < 4.78 is 9.77. The molecule has 0 aromatic heterocycles. The number of hydrogen-bond donors (Lipinski definition) is 2. The summed E-state index contributed by atoms with van der Waals surface area (Å²) in [6.45, 7) is 5.13. The van der Waals surface area contributed by atoms with Crippen molar-refractivity contribution in [2.24, 2.45) is 0 Å². The molecule has 1 aromatic carbocycles. The van der Waals surface area contributed by atoms with Gasteiger partial charge in [0.05, 0.1) is 12.1 Å². The fourth-order valence-electron chi connectivity index (χ4n) is 1.73. The van der Waals surface area contributed by atoms with Crippen LogP contribution in [0.2, 0.25) is 5.02 Å². The lowest BCUT2D eigenvalue weighted by atomic mass is 10.0. The van der Waals surface area contributed by atoms with Gasteiger partial charge in [0.1, 0.15) is 17.4 Å². The molecule has 2 N–H and O–H groups in total. The maximum Gasteiger partial charge on any atom is 0.408 e. The first kappa shape index (κ1) is 18.1. The highest BCUT2D eigenvalue weighted by Crippen LogP contribution is 2.28. The van der Waals surface area contributed by atoms with Gasteiger partial charge in [0.25, 0.3) is 0 Å². The van der Waals surface area contributed by atoms with Crippen LogP contribution in [0, 0.1) is 0 Å². The number of aromatic hydroxyl groups is 1. The zero-order chi connectivity index (χ0) is 16.9. The fourth-order valence-corrected chi connectivity index (χ4v) is 1.92. The van der Waals surface area contributed by atoms with Crippen molar-refractivity contribution in [1.82, 2.24) is 5.32 Å². The summed E-state index contributed by atoms with van der Waals surface area (Å²) in [5.74, 6) is -0.783. The molecule has 1 rings (SSSR count). The normalized spacial score (nSPS) is 12.4. The van der Waals surface area contributed by atoms with Gasteiger partial charge in [0.15, 0.2) is 0 Å². The lowest BCUT2D eigenvalue weighted by Gasteiger charge is -2.22. The smallest absolute Gasteiger partial charge is 0.408 e. The molecule has 1 amide bonds. The zero-order valence-corrected chi connectivity index (χ0v) is 13.7. The van der Waals surface area contributed by atoms with Crippen molar-refractivity contribution < 1.29 is 24.2 Å². The second-order valence-electron chi connectivity index (χ2n) is 5.67. The predicted molar refractivity (Wildman–Crippen MR) is 82.0 cm³/mol. The summed E-state index contributed by atoms with van der Waals surface area (Å²) in [5.41, 5.74) is -0.276. The van der Waals surface area contributed by atoms with E-state index in [2.05, 4.69) is 10.1 Å². The van der Waals surface area contributed by atoms with Crippen LogP contribution in [0.3, 0.4) is 0 Å². The van der Waals surface area contributed by atoms with E-state index >= 15 is 0 Å². The fraction of sp³-hybridized carbons (Fsp3) is 0.467. The van der Waals surface area contributed by atoms with Crippen molar-refractivity contribution in [3.05, 3.63) is 28.8 Å². The van der Waals surface area contributed by atoms with Gasteiger partial charge in [-0.25, -0.2) is 9.59 Å². The summed E-state index contributed by atoms with van der Waals surface area (Å²) in [4.78, 5) is 23.6. The maximum atomic E-state index is 11.8. The first-order valence-electron chi connectivity index (χ1n) is 6.67. The zero-order valence-electron chi connectivity index (χ0n) is 13.0. The molecular formula is C15H20ClNO5. The van der Waals surface area contributed by atoms with Gasteiger partial charge in [-0.05, 0) is 32.4 Å². The molecule has 7 heteroatoms. The summed E-state index contributed by atoms with van der Waals surface area (Å²) in [6.07, 6.45) is -0.720. The van der Waals surface area contributed by atoms with Crippen LogP contribution >= 0.6 is 11.6 Å². The summed E-state index contributed by atoms with van der Waals surface area (Å²) >= 11 is 5.83. The van der Waals surface area contributed by atoms with Gasteiger partial charge in [-0.15, -0.1) is 0 Å². The molecule has 22 heavy (non-hydrogen) atoms. The van der Waals surface area contributed by atoms with Crippen molar-refractivity contribution in [2.75, 3.05) is 7.11 Å². The first-order valence-corrected chi connectivity index (χ1v) is 7.05. The SMILES string of the molecule is COC(=O)[C@H](Cc1cccc(Cl)c1O)NC(=O)OC(C)(C)C. The number of carbonyl (C=O) groups is 2. The number of nitrogens with one attached hydrogen (secondary N) is 1. The Balaban J connectivity index is 2.88. The second-order valence-corrected chi connectivity index (χ2v) is 6.08. The van der Waals surface area contributed by atoms with E-state index in [9.17, 15) is 14.7 Å². The molecule has 1 aromatic rings. The van der Waals surface area contributed by atoms with Crippen molar-refractivity contribution in [2.45, 2.75) is 38.8 Å². The van der Waals surface area contributed by atoms with Crippen LogP contribution < -0.4 is 5.32 Å². The van der Waals surface area contributed by atoms with Gasteiger partial charge in [-0.2, -0.15) is 0 Å². The molecule has 0 aliphatic rings. The molecule has 0 aliphatic heterocycles. The summed E-state index contributed by atoms with van der Waals surface area (Å²) in [6, 6.07) is 3.77. The quantitative estimate of drug-likeness (QED) is 0.829. The Labute approximate surface area is 134 Å². The molecule has 0 fully saturated rings. The lowest BCUT2D eigenvalue weighted by Crippen LogP contribution is -2.45. The number of amides is 1. The van der Waals surface area contributed by atoms with Crippen LogP contribution in [0.25, 0.3) is 0 Å². The minimum absolute atomic E-state index is 0.0261. The minimum Gasteiger partial charge on any atom is -0.506 e. The molecule has 122 valence electrons. The van der Waals surface area contributed by atoms with E-state index < -0.39 is 23.7 Å². The maximum absolute atomic E-state index is 11.8. The average molecular weight is 330 g/mol. The second kappa shape index (κ2) is 7.35. The predicted octanol–water partition coefficient (Wildman–Crippen LogP) is 2.65. The Kier molecular flexibility index (Phi) is 6.05. The highest BCUT2D eigenvalue weighted by molar-refractivity contribution is 6.32. The van der Waals surface area contributed by atoms with Crippen LogP contribution in [0.4, 0.5) is 4.79 Å². The highest BCUT2D eigenvalue weighted by atomic mass is 35.5. The number of carbonyl (C=O) groups excluding carboxylic acids is 2. The Bertz CT molecular complexity index is 553. The third-order valence-electron chi connectivity index (χ3n) is 2.67. The number of benzene rings is 1. The number of phenolic OH excluding ortho intramolecular Hbond substituents is 1. The van der Waals surface area contributed by atoms with Crippen molar-refractivity contribution in [3.63, 3.8) is 0 Å². The van der Waals surface area contributed by atoms with Crippen LogP contribution in [-0.2, 0) is 20.7 Å². The van der Waals surface area contributed by atoms with Crippen LogP contribution in [0.1, 0.15) is 26.3 Å². The highest BCUT2D eigenvalue weighted by Gasteiger charge is 2.26. The first-order chi connectivity index (χ1) is 10.1. The topological polar surface area (TPSA) is 84.9 Å². The molecule has 6 nitrogen and oxygen atoms in total. The van der Waals surface area contributed by atoms with E-state index in [0.717, 1.165) is 0 Å². The van der Waals surface area contributed by atoms with Crippen molar-refractivity contribution in [3.8, 4) is 5.75 Å². The Morgan fingerprint density at radius 2 is 2.00 bits per heavy atom. The van der Waals surface area contributed by atoms with Gasteiger partial charge in [0.2, 0.25) is 0 Å². The minimum atomic E-state index is -0.996. The van der Waals surface area contributed by atoms with E-state index in [0.29, 0.717) is 5.56 Å². The van der Waals surface area contributed by atoms with Crippen LogP contribution in [0.5, 0.6) is 5.75 Å². The Morgan fingerprint density at radius 3 is 2.55 bits per heavy atom. The van der Waals surface area contributed by atoms with Gasteiger partial charge in [-0.3, -0.25) is 0 Å². The van der Waals surface area contributed by atoms with Gasteiger partial charge in [0, 0.05) is 6.42 Å². The largest absolute Gasteiger partial charge is 0.506 e. The summed E-state index contributed by atoms with van der Waals surface area (Å²) in [7, 11) is 1.21. The monoisotopic (exact) mass is 329 g/mol. The molecule has 0 bridgehead atoms. The number of para-hydroxylation sites is 1. The van der Waals surface area contributed by atoms with Gasteiger partial charge >= 0.3 is 12.1 Å². The molecule has 0 heterocycles. The van der Waals surface area contributed by atoms with E-state index in [1.807, 2.05) is 0 Å². The number of halogens is 1. The number of esters is 1. The van der Waals surface area contributed by atoms with Crippen molar-refractivity contribution in [1.29, 1.82) is 0 Å². The molecular weight excluding hydrogens is 310 g/mol. The molecule has 0 radical (unpaired) electrons. The number of phenols is 1. The number of ether oxygens (including phenoxy) is 2. The molecule has 0 aliphatic carbocycles. The number of methoxy groups -OCH3 is 1. The number of alkyl carbamates (subject to hydrolysis) is 1. The Morgan fingerprint density at radius 1 is 1.36 bits per heavy atom. The standard InChI is InChI=1S/C15H20ClNO5/c1-15(2,3)22-14(20)17-11(13(19)21-4)8-9-6-5-7-10(16)12(9)18/h5-7,11,18H,8H2,1-4H3,(H,17,20)/t11-/m0/s1. The third kappa shape index (κ3) is 5.44. The third-order valence-corrected chi connectivity index (χ3v) is 2.98. The van der Waals surface area contributed by atoms with Crippen LogP contribution in [0.15, 0.2) is 18.2 Å². The molecule has 0 saturated carbocycles. The van der Waals surface area contributed by atoms with Gasteiger partial charge < -0.3 is 19.9 Å². The molecule has 1 atom stereocenters.